The quantitative estimate of drug-likeness (QED) is 0.549. The number of ether oxygens (including phenoxy) is 1. The number of hydrogen-bond acceptors (Lipinski definition) is 10. The summed E-state index contributed by atoms with van der Waals surface area (Å²) < 4.78 is 5.95. The van der Waals surface area contributed by atoms with Crippen molar-refractivity contribution in [3.05, 3.63) is 18.3 Å². The maximum absolute atomic E-state index is 12.7. The fourth-order valence-electron chi connectivity index (χ4n) is 5.76. The number of hydrogen-bond donors (Lipinski definition) is 2. The number of amides is 1. The van der Waals surface area contributed by atoms with Crippen molar-refractivity contribution < 1.29 is 9.53 Å². The molecule has 36 heavy (non-hydrogen) atoms. The van der Waals surface area contributed by atoms with E-state index in [1.165, 1.54) is 37.0 Å². The molecule has 4 heterocycles. The van der Waals surface area contributed by atoms with Gasteiger partial charge in [-0.25, -0.2) is 0 Å². The van der Waals surface area contributed by atoms with Gasteiger partial charge in [0.2, 0.25) is 16.2 Å². The van der Waals surface area contributed by atoms with Crippen LogP contribution in [0, 0.1) is 11.8 Å². The second-order valence-electron chi connectivity index (χ2n) is 10.6. The van der Waals surface area contributed by atoms with E-state index in [1.807, 2.05) is 12.1 Å². The molecule has 2 atom stereocenters. The van der Waals surface area contributed by atoms with E-state index < -0.39 is 0 Å². The molecule has 3 aliphatic rings. The summed E-state index contributed by atoms with van der Waals surface area (Å²) in [4.78, 5) is 17.5. The van der Waals surface area contributed by atoms with Crippen LogP contribution in [0.25, 0.3) is 0 Å². The Bertz CT molecular complexity index is 981. The minimum atomic E-state index is -0.0716. The number of aromatic nitrogens is 4. The number of rotatable bonds is 8. The van der Waals surface area contributed by atoms with Crippen molar-refractivity contribution in [1.82, 2.24) is 25.3 Å². The van der Waals surface area contributed by atoms with Crippen LogP contribution in [0.15, 0.2) is 18.3 Å². The van der Waals surface area contributed by atoms with E-state index in [9.17, 15) is 4.79 Å². The minimum Gasteiger partial charge on any atom is -0.375 e. The summed E-state index contributed by atoms with van der Waals surface area (Å²) in [6, 6.07) is 4.75. The van der Waals surface area contributed by atoms with E-state index >= 15 is 0 Å². The van der Waals surface area contributed by atoms with Gasteiger partial charge in [0.05, 0.1) is 19.1 Å². The highest BCUT2D eigenvalue weighted by Gasteiger charge is 2.31. The number of nitrogens with zero attached hydrogens (tertiary/aromatic N) is 6. The topological polar surface area (TPSA) is 108 Å². The second kappa shape index (κ2) is 11.8. The Morgan fingerprint density at radius 2 is 1.94 bits per heavy atom. The molecule has 1 saturated carbocycles. The van der Waals surface area contributed by atoms with Crippen LogP contribution >= 0.6 is 11.3 Å². The van der Waals surface area contributed by atoms with E-state index in [-0.39, 0.29) is 18.1 Å². The molecule has 0 radical (unpaired) electrons. The monoisotopic (exact) mass is 514 g/mol. The Hall–Kier alpha value is -2.37. The summed E-state index contributed by atoms with van der Waals surface area (Å²) in [6.45, 7) is 8.92. The molecule has 3 fully saturated rings. The van der Waals surface area contributed by atoms with Gasteiger partial charge in [0, 0.05) is 44.5 Å². The Kier molecular flexibility index (Phi) is 8.28. The molecule has 5 rings (SSSR count). The van der Waals surface area contributed by atoms with E-state index in [1.54, 1.807) is 6.20 Å². The Morgan fingerprint density at radius 3 is 2.72 bits per heavy atom. The summed E-state index contributed by atoms with van der Waals surface area (Å²) in [5, 5.41) is 24.1. The first-order chi connectivity index (χ1) is 17.5. The van der Waals surface area contributed by atoms with Gasteiger partial charge in [-0.05, 0) is 56.1 Å². The third-order valence-electron chi connectivity index (χ3n) is 7.85. The molecule has 1 unspecified atom stereocenters. The third-order valence-corrected chi connectivity index (χ3v) is 8.62. The maximum atomic E-state index is 12.7. The number of anilines is 3. The number of nitrogens with one attached hydrogen (secondary N) is 2. The molecule has 2 N–H and O–H groups in total. The molecule has 2 saturated heterocycles. The average molecular weight is 515 g/mol. The molecule has 2 aliphatic heterocycles. The zero-order valence-electron chi connectivity index (χ0n) is 21.3. The molecule has 2 aromatic heterocycles. The van der Waals surface area contributed by atoms with Gasteiger partial charge in [0.15, 0.2) is 5.82 Å². The van der Waals surface area contributed by atoms with Crippen molar-refractivity contribution in [3.8, 4) is 0 Å². The lowest BCUT2D eigenvalue weighted by atomic mass is 9.79. The second-order valence-corrected chi connectivity index (χ2v) is 11.6. The predicted octanol–water partition coefficient (Wildman–Crippen LogP) is 3.26. The predicted molar refractivity (Wildman–Crippen MR) is 141 cm³/mol. The van der Waals surface area contributed by atoms with Crippen molar-refractivity contribution >= 4 is 33.3 Å². The molecule has 2 aromatic rings. The van der Waals surface area contributed by atoms with Gasteiger partial charge >= 0.3 is 0 Å². The molecular formula is C25H38N8O2S. The van der Waals surface area contributed by atoms with Gasteiger partial charge in [-0.15, -0.1) is 15.3 Å². The van der Waals surface area contributed by atoms with Crippen LogP contribution in [0.4, 0.5) is 16.1 Å². The molecule has 0 bridgehead atoms. The molecule has 196 valence electrons. The van der Waals surface area contributed by atoms with Crippen LogP contribution < -0.4 is 15.5 Å². The molecule has 11 heteroatoms. The lowest BCUT2D eigenvalue weighted by Gasteiger charge is -2.41. The fourth-order valence-corrected chi connectivity index (χ4v) is 6.50. The van der Waals surface area contributed by atoms with Crippen molar-refractivity contribution in [2.45, 2.75) is 70.6 Å². The van der Waals surface area contributed by atoms with Crippen molar-refractivity contribution in [2.24, 2.45) is 11.8 Å². The molecule has 0 spiro atoms. The first-order valence-electron chi connectivity index (χ1n) is 13.3. The number of carbonyl (C=O) groups excluding carboxylic acids is 1. The normalized spacial score (nSPS) is 27.4. The van der Waals surface area contributed by atoms with Crippen molar-refractivity contribution in [2.75, 3.05) is 48.3 Å². The smallest absolute Gasteiger partial charge is 0.228 e. The highest BCUT2D eigenvalue weighted by molar-refractivity contribution is 7.19. The molecular weight excluding hydrogens is 476 g/mol. The Labute approximate surface area is 217 Å². The van der Waals surface area contributed by atoms with E-state index in [2.05, 4.69) is 54.7 Å². The van der Waals surface area contributed by atoms with Gasteiger partial charge in [0.25, 0.3) is 0 Å². The van der Waals surface area contributed by atoms with Crippen LogP contribution in [0.5, 0.6) is 0 Å². The van der Waals surface area contributed by atoms with Crippen LogP contribution in [-0.2, 0) is 9.53 Å². The molecule has 10 nitrogen and oxygen atoms in total. The standard InChI is InChI=1S/C25H38N8O2S/c1-17(2)18-5-7-20(8-6-18)32-12-13-35-21(16-32)14-23(34)28-25-31-30-24(36-25)27-19-9-11-33(15-19)22-4-3-10-26-29-22/h3-4,10,17-21H,5-9,11-16H2,1-2H3,(H,27,30)(H,28,31,34)/t18?,19-,20?,21?/m1/s1. The summed E-state index contributed by atoms with van der Waals surface area (Å²) in [6.07, 6.45) is 8.09. The molecule has 1 aliphatic carbocycles. The molecule has 0 aromatic carbocycles. The highest BCUT2D eigenvalue weighted by Crippen LogP contribution is 2.33. The van der Waals surface area contributed by atoms with Gasteiger partial charge in [-0.1, -0.05) is 25.2 Å². The number of carbonyl (C=O) groups is 1. The van der Waals surface area contributed by atoms with Crippen molar-refractivity contribution in [1.29, 1.82) is 0 Å². The SMILES string of the molecule is CC(C)C1CCC(N2CCOC(CC(=O)Nc3nnc(N[C@@H]4CCN(c5cccnn5)C4)s3)C2)CC1. The van der Waals surface area contributed by atoms with Gasteiger partial charge in [0.1, 0.15) is 0 Å². The first-order valence-corrected chi connectivity index (χ1v) is 14.1. The van der Waals surface area contributed by atoms with Crippen LogP contribution in [0.2, 0.25) is 0 Å². The van der Waals surface area contributed by atoms with Crippen LogP contribution in [0.3, 0.4) is 0 Å². The average Bonchev–Trinajstić information content (AvgIpc) is 3.54. The zero-order chi connectivity index (χ0) is 24.9. The van der Waals surface area contributed by atoms with Crippen LogP contribution in [-0.4, -0.2) is 82.2 Å². The van der Waals surface area contributed by atoms with Gasteiger partial charge in [-0.2, -0.15) is 5.10 Å². The van der Waals surface area contributed by atoms with E-state index in [0.29, 0.717) is 29.3 Å². The van der Waals surface area contributed by atoms with Crippen molar-refractivity contribution in [3.63, 3.8) is 0 Å². The summed E-state index contributed by atoms with van der Waals surface area (Å²) in [7, 11) is 0. The summed E-state index contributed by atoms with van der Waals surface area (Å²) >= 11 is 1.37. The fraction of sp³-hybridized carbons (Fsp3) is 0.720. The lowest BCUT2D eigenvalue weighted by Crippen LogP contribution is -2.49. The summed E-state index contributed by atoms with van der Waals surface area (Å²) in [5.74, 6) is 2.46. The largest absolute Gasteiger partial charge is 0.375 e. The zero-order valence-corrected chi connectivity index (χ0v) is 22.1. The van der Waals surface area contributed by atoms with E-state index in [0.717, 1.165) is 50.3 Å². The third kappa shape index (κ3) is 6.49. The van der Waals surface area contributed by atoms with Crippen LogP contribution in [0.1, 0.15) is 52.4 Å². The maximum Gasteiger partial charge on any atom is 0.228 e. The lowest BCUT2D eigenvalue weighted by molar-refractivity contribution is -0.122. The van der Waals surface area contributed by atoms with Gasteiger partial charge < -0.3 is 20.3 Å². The Morgan fingerprint density at radius 1 is 1.11 bits per heavy atom. The summed E-state index contributed by atoms with van der Waals surface area (Å²) in [5.41, 5.74) is 0. The minimum absolute atomic E-state index is 0.0669. The number of morpholine rings is 1. The van der Waals surface area contributed by atoms with E-state index in [4.69, 9.17) is 4.74 Å². The Balaban J connectivity index is 1.05. The molecule has 1 amide bonds. The first kappa shape index (κ1) is 25.3. The van der Waals surface area contributed by atoms with Gasteiger partial charge in [-0.3, -0.25) is 9.69 Å². The highest BCUT2D eigenvalue weighted by atomic mass is 32.1.